The fourth-order valence-corrected chi connectivity index (χ4v) is 3.24. The Balaban J connectivity index is 3.88. The predicted molar refractivity (Wildman–Crippen MR) is 99.3 cm³/mol. The number of rotatable bonds is 16. The summed E-state index contributed by atoms with van der Waals surface area (Å²) >= 11 is 0. The van der Waals surface area contributed by atoms with Crippen molar-refractivity contribution >= 4 is 5.78 Å². The van der Waals surface area contributed by atoms with E-state index in [1.165, 1.54) is 77.0 Å². The monoisotopic (exact) mass is 310 g/mol. The Kier molecular flexibility index (Phi) is 15.3. The van der Waals surface area contributed by atoms with Gasteiger partial charge in [-0.15, -0.1) is 0 Å². The van der Waals surface area contributed by atoms with Gasteiger partial charge in [-0.25, -0.2) is 0 Å². The average molecular weight is 311 g/mol. The molecule has 0 saturated carbocycles. The molecule has 0 aromatic rings. The third-order valence-corrected chi connectivity index (χ3v) is 4.78. The number of hydrogen-bond acceptors (Lipinski definition) is 1. The van der Waals surface area contributed by atoms with Crippen molar-refractivity contribution in [2.24, 2.45) is 11.8 Å². The minimum atomic E-state index is 0.213. The van der Waals surface area contributed by atoms with Crippen LogP contribution >= 0.6 is 0 Å². The van der Waals surface area contributed by atoms with Gasteiger partial charge in [0.25, 0.3) is 0 Å². The molecule has 132 valence electrons. The Labute approximate surface area is 140 Å². The second-order valence-electron chi connectivity index (χ2n) is 7.37. The molecule has 0 saturated heterocycles. The number of ketones is 1. The lowest BCUT2D eigenvalue weighted by molar-refractivity contribution is -0.126. The molecule has 0 aliphatic rings. The van der Waals surface area contributed by atoms with Gasteiger partial charge in [-0.05, 0) is 12.8 Å². The van der Waals surface area contributed by atoms with Gasteiger partial charge in [0.2, 0.25) is 0 Å². The molecule has 1 nitrogen and oxygen atoms in total. The number of hydrogen-bond donors (Lipinski definition) is 0. The van der Waals surface area contributed by atoms with Crippen LogP contribution in [0.15, 0.2) is 0 Å². The summed E-state index contributed by atoms with van der Waals surface area (Å²) in [4.78, 5) is 12.4. The lowest BCUT2D eigenvalue weighted by Gasteiger charge is -2.18. The topological polar surface area (TPSA) is 17.1 Å². The van der Waals surface area contributed by atoms with E-state index in [4.69, 9.17) is 0 Å². The van der Waals surface area contributed by atoms with E-state index in [1.54, 1.807) is 0 Å². The average Bonchev–Trinajstić information content (AvgIpc) is 2.51. The van der Waals surface area contributed by atoms with Crippen LogP contribution in [0.5, 0.6) is 0 Å². The zero-order chi connectivity index (χ0) is 16.6. The molecule has 0 radical (unpaired) electrons. The third kappa shape index (κ3) is 12.2. The number of unbranched alkanes of at least 4 members (excludes halogenated alkanes) is 10. The van der Waals surface area contributed by atoms with Crippen molar-refractivity contribution in [3.05, 3.63) is 0 Å². The van der Waals surface area contributed by atoms with Crippen LogP contribution < -0.4 is 0 Å². The van der Waals surface area contributed by atoms with E-state index >= 15 is 0 Å². The van der Waals surface area contributed by atoms with Crippen molar-refractivity contribution < 1.29 is 4.79 Å². The van der Waals surface area contributed by atoms with E-state index in [0.29, 0.717) is 11.7 Å². The Hall–Kier alpha value is -0.330. The van der Waals surface area contributed by atoms with Crippen molar-refractivity contribution in [3.8, 4) is 0 Å². The van der Waals surface area contributed by atoms with Gasteiger partial charge in [-0.2, -0.15) is 0 Å². The van der Waals surface area contributed by atoms with Crippen LogP contribution in [0, 0.1) is 11.8 Å². The third-order valence-electron chi connectivity index (χ3n) is 4.78. The van der Waals surface area contributed by atoms with Crippen molar-refractivity contribution in [1.29, 1.82) is 0 Å². The molecular formula is C21H42O. The minimum absolute atomic E-state index is 0.213. The van der Waals surface area contributed by atoms with Gasteiger partial charge in [0.1, 0.15) is 5.78 Å². The molecule has 0 unspecified atom stereocenters. The maximum absolute atomic E-state index is 12.4. The molecule has 0 aliphatic heterocycles. The maximum Gasteiger partial charge on any atom is 0.138 e. The molecule has 1 heteroatoms. The molecule has 0 N–H and O–H groups in total. The van der Waals surface area contributed by atoms with Gasteiger partial charge in [0.15, 0.2) is 0 Å². The van der Waals surface area contributed by atoms with Crippen LogP contribution in [0.4, 0.5) is 0 Å². The van der Waals surface area contributed by atoms with E-state index < -0.39 is 0 Å². The summed E-state index contributed by atoms with van der Waals surface area (Å²) in [7, 11) is 0. The van der Waals surface area contributed by atoms with E-state index in [1.807, 2.05) is 0 Å². The molecule has 0 rings (SSSR count). The summed E-state index contributed by atoms with van der Waals surface area (Å²) in [5.41, 5.74) is 0. The summed E-state index contributed by atoms with van der Waals surface area (Å²) < 4.78 is 0. The highest BCUT2D eigenvalue weighted by atomic mass is 16.1. The van der Waals surface area contributed by atoms with E-state index in [9.17, 15) is 4.79 Å². The van der Waals surface area contributed by atoms with Gasteiger partial charge in [-0.3, -0.25) is 4.79 Å². The molecule has 0 bridgehead atoms. The summed E-state index contributed by atoms with van der Waals surface area (Å²) in [6.45, 7) is 8.66. The second-order valence-corrected chi connectivity index (χ2v) is 7.37. The highest BCUT2D eigenvalue weighted by Crippen LogP contribution is 2.22. The van der Waals surface area contributed by atoms with Crippen molar-refractivity contribution in [2.75, 3.05) is 0 Å². The van der Waals surface area contributed by atoms with Crippen molar-refractivity contribution in [3.63, 3.8) is 0 Å². The molecule has 0 heterocycles. The SMILES string of the molecule is CCCCCCCCC(CCCCCCCC)C(=O)C(C)C. The smallest absolute Gasteiger partial charge is 0.138 e. The Morgan fingerprint density at radius 1 is 0.636 bits per heavy atom. The van der Waals surface area contributed by atoms with Gasteiger partial charge in [0.05, 0.1) is 0 Å². The molecule has 0 amide bonds. The summed E-state index contributed by atoms with van der Waals surface area (Å²) in [5, 5.41) is 0. The van der Waals surface area contributed by atoms with Crippen LogP contribution in [-0.2, 0) is 4.79 Å². The first-order valence-electron chi connectivity index (χ1n) is 10.2. The Morgan fingerprint density at radius 3 is 1.36 bits per heavy atom. The van der Waals surface area contributed by atoms with Crippen LogP contribution in [0.25, 0.3) is 0 Å². The molecule has 0 aromatic carbocycles. The fourth-order valence-electron chi connectivity index (χ4n) is 3.24. The first-order valence-corrected chi connectivity index (χ1v) is 10.2. The van der Waals surface area contributed by atoms with Gasteiger partial charge in [-0.1, -0.05) is 105 Å². The van der Waals surface area contributed by atoms with Crippen LogP contribution in [0.3, 0.4) is 0 Å². The summed E-state index contributed by atoms with van der Waals surface area (Å²) in [6, 6.07) is 0. The van der Waals surface area contributed by atoms with Crippen molar-refractivity contribution in [1.82, 2.24) is 0 Å². The first kappa shape index (κ1) is 21.7. The molecule has 0 aliphatic carbocycles. The first-order chi connectivity index (χ1) is 10.6. The predicted octanol–water partition coefficient (Wildman–Crippen LogP) is 7.33. The standard InChI is InChI=1S/C21H42O/c1-5-7-9-11-13-15-17-20(21(22)19(3)4)18-16-14-12-10-8-6-2/h19-20H,5-18H2,1-4H3. The Morgan fingerprint density at radius 2 is 1.00 bits per heavy atom. The lowest BCUT2D eigenvalue weighted by Crippen LogP contribution is -2.20. The van der Waals surface area contributed by atoms with Gasteiger partial charge in [0, 0.05) is 11.8 Å². The zero-order valence-corrected chi connectivity index (χ0v) is 16.0. The van der Waals surface area contributed by atoms with Crippen molar-refractivity contribution in [2.45, 2.75) is 118 Å². The minimum Gasteiger partial charge on any atom is -0.299 e. The molecule has 0 atom stereocenters. The normalized spacial score (nSPS) is 11.5. The van der Waals surface area contributed by atoms with Crippen LogP contribution in [0.1, 0.15) is 118 Å². The fraction of sp³-hybridized carbons (Fsp3) is 0.952. The van der Waals surface area contributed by atoms with E-state index in [2.05, 4.69) is 27.7 Å². The zero-order valence-electron chi connectivity index (χ0n) is 16.0. The summed E-state index contributed by atoms with van der Waals surface area (Å²) in [5.74, 6) is 1.07. The molecular weight excluding hydrogens is 268 g/mol. The van der Waals surface area contributed by atoms with Crippen LogP contribution in [-0.4, -0.2) is 5.78 Å². The quantitative estimate of drug-likeness (QED) is 0.273. The highest BCUT2D eigenvalue weighted by molar-refractivity contribution is 5.82. The molecule has 0 spiro atoms. The molecule has 0 fully saturated rings. The largest absolute Gasteiger partial charge is 0.299 e. The van der Waals surface area contributed by atoms with Crippen LogP contribution in [0.2, 0.25) is 0 Å². The molecule has 22 heavy (non-hydrogen) atoms. The van der Waals surface area contributed by atoms with Gasteiger partial charge >= 0.3 is 0 Å². The Bertz CT molecular complexity index is 228. The van der Waals surface area contributed by atoms with E-state index in [0.717, 1.165) is 12.8 Å². The van der Waals surface area contributed by atoms with Gasteiger partial charge < -0.3 is 0 Å². The van der Waals surface area contributed by atoms with E-state index in [-0.39, 0.29) is 5.92 Å². The number of carbonyl (C=O) groups excluding carboxylic acids is 1. The number of carbonyl (C=O) groups is 1. The summed E-state index contributed by atoms with van der Waals surface area (Å²) in [6.07, 6.45) is 18.2. The highest BCUT2D eigenvalue weighted by Gasteiger charge is 2.20. The molecule has 0 aromatic heterocycles. The lowest BCUT2D eigenvalue weighted by atomic mass is 9.86. The second kappa shape index (κ2) is 15.6. The number of Topliss-reactive ketones (excluding diaryl/α,β-unsaturated/α-hetero) is 1. The maximum atomic E-state index is 12.4.